The van der Waals surface area contributed by atoms with Gasteiger partial charge in [0.05, 0.1) is 4.90 Å². The molecule has 2 rings (SSSR count). The maximum atomic E-state index is 11.2. The van der Waals surface area contributed by atoms with Crippen molar-refractivity contribution in [1.82, 2.24) is 15.6 Å². The van der Waals surface area contributed by atoms with E-state index < -0.39 is 10.0 Å². The van der Waals surface area contributed by atoms with Crippen molar-refractivity contribution in [3.05, 3.63) is 58.9 Å². The quantitative estimate of drug-likeness (QED) is 0.397. The number of aromatic nitrogens is 1. The number of guanidine groups is 1. The van der Waals surface area contributed by atoms with E-state index in [0.29, 0.717) is 24.2 Å². The molecular weight excluding hydrogens is 362 g/mol. The Hall–Kier alpha value is -2.16. The van der Waals surface area contributed by atoms with Crippen molar-refractivity contribution in [2.75, 3.05) is 13.6 Å². The molecule has 9 heteroatoms. The van der Waals surface area contributed by atoms with E-state index in [1.165, 1.54) is 12.1 Å². The summed E-state index contributed by atoms with van der Waals surface area (Å²) >= 11 is 5.76. The molecule has 134 valence electrons. The number of hydrogen-bond donors (Lipinski definition) is 3. The fourth-order valence-corrected chi connectivity index (χ4v) is 2.71. The lowest BCUT2D eigenvalue weighted by Gasteiger charge is -2.12. The van der Waals surface area contributed by atoms with E-state index in [1.54, 1.807) is 31.4 Å². The third-order valence-electron chi connectivity index (χ3n) is 3.43. The highest BCUT2D eigenvalue weighted by molar-refractivity contribution is 7.89. The summed E-state index contributed by atoms with van der Waals surface area (Å²) in [4.78, 5) is 8.28. The SMILES string of the molecule is CN=C(NCCc1ccc(Cl)nc1)NCc1ccc(S(N)(=O)=O)cc1. The highest BCUT2D eigenvalue weighted by Gasteiger charge is 2.06. The van der Waals surface area contributed by atoms with Crippen LogP contribution >= 0.6 is 11.6 Å². The zero-order valence-electron chi connectivity index (χ0n) is 13.7. The number of primary sulfonamides is 1. The van der Waals surface area contributed by atoms with Crippen molar-refractivity contribution in [3.8, 4) is 0 Å². The maximum Gasteiger partial charge on any atom is 0.238 e. The summed E-state index contributed by atoms with van der Waals surface area (Å²) in [6.07, 6.45) is 2.53. The van der Waals surface area contributed by atoms with E-state index in [4.69, 9.17) is 16.7 Å². The lowest BCUT2D eigenvalue weighted by Crippen LogP contribution is -2.37. The molecule has 0 fully saturated rings. The Kier molecular flexibility index (Phi) is 6.74. The first-order valence-electron chi connectivity index (χ1n) is 7.55. The van der Waals surface area contributed by atoms with Crippen LogP contribution in [0.5, 0.6) is 0 Å². The van der Waals surface area contributed by atoms with Gasteiger partial charge in [0.2, 0.25) is 10.0 Å². The normalized spacial score (nSPS) is 12.0. The number of nitrogens with one attached hydrogen (secondary N) is 2. The van der Waals surface area contributed by atoms with Crippen LogP contribution in [0, 0.1) is 0 Å². The molecule has 7 nitrogen and oxygen atoms in total. The van der Waals surface area contributed by atoms with Crippen LogP contribution in [-0.4, -0.2) is 33.0 Å². The Labute approximate surface area is 152 Å². The minimum atomic E-state index is -3.67. The molecule has 25 heavy (non-hydrogen) atoms. The fourth-order valence-electron chi connectivity index (χ4n) is 2.08. The zero-order valence-corrected chi connectivity index (χ0v) is 15.3. The average Bonchev–Trinajstić information content (AvgIpc) is 2.59. The minimum Gasteiger partial charge on any atom is -0.356 e. The Morgan fingerprint density at radius 3 is 2.40 bits per heavy atom. The van der Waals surface area contributed by atoms with Crippen molar-refractivity contribution >= 4 is 27.6 Å². The van der Waals surface area contributed by atoms with Crippen molar-refractivity contribution in [2.24, 2.45) is 10.1 Å². The molecule has 0 radical (unpaired) electrons. The molecule has 0 saturated carbocycles. The predicted octanol–water partition coefficient (Wildman–Crippen LogP) is 1.29. The van der Waals surface area contributed by atoms with Crippen LogP contribution in [0.3, 0.4) is 0 Å². The average molecular weight is 382 g/mol. The molecule has 4 N–H and O–H groups in total. The minimum absolute atomic E-state index is 0.0929. The lowest BCUT2D eigenvalue weighted by atomic mass is 10.2. The number of halogens is 1. The maximum absolute atomic E-state index is 11.2. The molecule has 0 aliphatic heterocycles. The predicted molar refractivity (Wildman–Crippen MR) is 99.0 cm³/mol. The van der Waals surface area contributed by atoms with Gasteiger partial charge in [-0.15, -0.1) is 0 Å². The van der Waals surface area contributed by atoms with Gasteiger partial charge in [0.15, 0.2) is 5.96 Å². The number of rotatable bonds is 6. The second-order valence-corrected chi connectivity index (χ2v) is 7.23. The third-order valence-corrected chi connectivity index (χ3v) is 4.58. The van der Waals surface area contributed by atoms with Gasteiger partial charge in [-0.3, -0.25) is 4.99 Å². The number of sulfonamides is 1. The molecule has 0 bridgehead atoms. The van der Waals surface area contributed by atoms with Crippen LogP contribution in [-0.2, 0) is 23.0 Å². The second-order valence-electron chi connectivity index (χ2n) is 5.28. The van der Waals surface area contributed by atoms with Crippen LogP contribution in [0.4, 0.5) is 0 Å². The summed E-state index contributed by atoms with van der Waals surface area (Å²) in [6.45, 7) is 1.19. The van der Waals surface area contributed by atoms with Crippen LogP contribution in [0.2, 0.25) is 5.15 Å². The van der Waals surface area contributed by atoms with E-state index >= 15 is 0 Å². The second kappa shape index (κ2) is 8.80. The first kappa shape index (κ1) is 19.2. The number of nitrogens with zero attached hydrogens (tertiary/aromatic N) is 2. The topological polar surface area (TPSA) is 109 Å². The standard InChI is InChI=1S/C16H20ClN5O2S/c1-19-16(20-9-8-13-4-7-15(17)21-10-13)22-11-12-2-5-14(6-3-12)25(18,23)24/h2-7,10H,8-9,11H2,1H3,(H2,18,23,24)(H2,19,20,22). The van der Waals surface area contributed by atoms with Crippen molar-refractivity contribution in [2.45, 2.75) is 17.9 Å². The molecule has 0 aliphatic rings. The molecule has 0 aliphatic carbocycles. The molecule has 0 atom stereocenters. The van der Waals surface area contributed by atoms with Crippen molar-refractivity contribution < 1.29 is 8.42 Å². The Bertz CT molecular complexity index is 821. The Morgan fingerprint density at radius 2 is 1.84 bits per heavy atom. The monoisotopic (exact) mass is 381 g/mol. The summed E-state index contributed by atoms with van der Waals surface area (Å²) < 4.78 is 22.5. The summed E-state index contributed by atoms with van der Waals surface area (Å²) in [7, 11) is -1.98. The number of nitrogens with two attached hydrogens (primary N) is 1. The van der Waals surface area contributed by atoms with Crippen LogP contribution in [0.25, 0.3) is 0 Å². The Balaban J connectivity index is 1.81. The van der Waals surface area contributed by atoms with Gasteiger partial charge in [0, 0.05) is 26.3 Å². The van der Waals surface area contributed by atoms with Gasteiger partial charge in [-0.25, -0.2) is 18.5 Å². The molecule has 0 amide bonds. The first-order valence-corrected chi connectivity index (χ1v) is 9.47. The molecule has 0 unspecified atom stereocenters. The van der Waals surface area contributed by atoms with Gasteiger partial charge in [0.1, 0.15) is 5.15 Å². The number of aliphatic imine (C=N–C) groups is 1. The summed E-state index contributed by atoms with van der Waals surface area (Å²) in [5.74, 6) is 0.650. The highest BCUT2D eigenvalue weighted by Crippen LogP contribution is 2.08. The number of pyridine rings is 1. The smallest absolute Gasteiger partial charge is 0.238 e. The number of hydrogen-bond acceptors (Lipinski definition) is 4. The largest absolute Gasteiger partial charge is 0.356 e. The van der Waals surface area contributed by atoms with Gasteiger partial charge in [-0.05, 0) is 35.7 Å². The molecule has 1 aromatic heterocycles. The van der Waals surface area contributed by atoms with Gasteiger partial charge in [-0.2, -0.15) is 0 Å². The third kappa shape index (κ3) is 6.33. The zero-order chi connectivity index (χ0) is 18.3. The van der Waals surface area contributed by atoms with Crippen LogP contribution < -0.4 is 15.8 Å². The van der Waals surface area contributed by atoms with Crippen LogP contribution in [0.15, 0.2) is 52.5 Å². The highest BCUT2D eigenvalue weighted by atomic mass is 35.5. The van der Waals surface area contributed by atoms with Gasteiger partial charge in [0.25, 0.3) is 0 Å². The van der Waals surface area contributed by atoms with Gasteiger partial charge in [-0.1, -0.05) is 29.8 Å². The van der Waals surface area contributed by atoms with Crippen LogP contribution in [0.1, 0.15) is 11.1 Å². The van der Waals surface area contributed by atoms with Gasteiger partial charge < -0.3 is 10.6 Å². The molecule has 0 saturated heterocycles. The van der Waals surface area contributed by atoms with E-state index in [0.717, 1.165) is 17.5 Å². The van der Waals surface area contributed by atoms with Crippen molar-refractivity contribution in [1.29, 1.82) is 0 Å². The summed E-state index contributed by atoms with van der Waals surface area (Å²) in [5, 5.41) is 11.9. The molecule has 1 heterocycles. The number of benzene rings is 1. The molecule has 0 spiro atoms. The van der Waals surface area contributed by atoms with Gasteiger partial charge >= 0.3 is 0 Å². The summed E-state index contributed by atoms with van der Waals surface area (Å²) in [5.41, 5.74) is 1.99. The fraction of sp³-hybridized carbons (Fsp3) is 0.250. The molecular formula is C16H20ClN5O2S. The first-order chi connectivity index (χ1) is 11.9. The summed E-state index contributed by atoms with van der Waals surface area (Å²) in [6, 6.07) is 10.1. The van der Waals surface area contributed by atoms with E-state index in [-0.39, 0.29) is 4.90 Å². The molecule has 2 aromatic rings. The van der Waals surface area contributed by atoms with E-state index in [1.807, 2.05) is 6.07 Å². The van der Waals surface area contributed by atoms with Crippen molar-refractivity contribution in [3.63, 3.8) is 0 Å². The van der Waals surface area contributed by atoms with E-state index in [9.17, 15) is 8.42 Å². The Morgan fingerprint density at radius 1 is 1.16 bits per heavy atom. The lowest BCUT2D eigenvalue weighted by molar-refractivity contribution is 0.597. The van der Waals surface area contributed by atoms with E-state index in [2.05, 4.69) is 20.6 Å². The molecule has 1 aromatic carbocycles.